The summed E-state index contributed by atoms with van der Waals surface area (Å²) < 4.78 is 26.3. The molecule has 0 aromatic heterocycles. The lowest BCUT2D eigenvalue weighted by Crippen LogP contribution is -2.44. The maximum atomic E-state index is 12.4. The van der Waals surface area contributed by atoms with E-state index in [0.717, 1.165) is 6.42 Å². The maximum absolute atomic E-state index is 12.4. The predicted molar refractivity (Wildman–Crippen MR) is 72.0 cm³/mol. The molecule has 0 aliphatic carbocycles. The first-order valence-corrected chi connectivity index (χ1v) is 7.76. The van der Waals surface area contributed by atoms with E-state index in [1.165, 1.54) is 4.31 Å². The van der Waals surface area contributed by atoms with Crippen LogP contribution in [0.2, 0.25) is 0 Å². The van der Waals surface area contributed by atoms with Gasteiger partial charge in [-0.25, -0.2) is 8.42 Å². The number of hydrogen-bond donors (Lipinski definition) is 1. The minimum absolute atomic E-state index is 0.0899. The smallest absolute Gasteiger partial charge is 0.243 e. The van der Waals surface area contributed by atoms with E-state index in [1.54, 1.807) is 37.4 Å². The standard InChI is InChI=1S/C13H18N2O3S/c1-14-13(16)11-6-5-9-15(10-11)19(17,18)12-7-3-2-4-8-12/h2-4,7-8,11H,5-6,9-10H2,1H3,(H,14,16)/t11-/m1/s1. The van der Waals surface area contributed by atoms with Crippen LogP contribution in [0.4, 0.5) is 0 Å². The average molecular weight is 282 g/mol. The second-order valence-corrected chi connectivity index (χ2v) is 6.57. The molecule has 0 spiro atoms. The van der Waals surface area contributed by atoms with Crippen molar-refractivity contribution in [3.05, 3.63) is 30.3 Å². The van der Waals surface area contributed by atoms with Crippen molar-refractivity contribution in [2.75, 3.05) is 20.1 Å². The van der Waals surface area contributed by atoms with E-state index < -0.39 is 10.0 Å². The summed E-state index contributed by atoms with van der Waals surface area (Å²) in [5, 5.41) is 2.59. The topological polar surface area (TPSA) is 66.5 Å². The van der Waals surface area contributed by atoms with Gasteiger partial charge in [-0.3, -0.25) is 4.79 Å². The van der Waals surface area contributed by atoms with Crippen LogP contribution in [-0.2, 0) is 14.8 Å². The molecular weight excluding hydrogens is 264 g/mol. The van der Waals surface area contributed by atoms with Crippen LogP contribution >= 0.6 is 0 Å². The van der Waals surface area contributed by atoms with Crippen LogP contribution in [-0.4, -0.2) is 38.8 Å². The molecule has 0 bridgehead atoms. The Morgan fingerprint density at radius 3 is 2.63 bits per heavy atom. The second kappa shape index (κ2) is 5.71. The van der Waals surface area contributed by atoms with Crippen molar-refractivity contribution in [1.82, 2.24) is 9.62 Å². The Balaban J connectivity index is 2.20. The van der Waals surface area contributed by atoms with E-state index in [0.29, 0.717) is 13.0 Å². The number of rotatable bonds is 3. The number of sulfonamides is 1. The van der Waals surface area contributed by atoms with E-state index in [4.69, 9.17) is 0 Å². The second-order valence-electron chi connectivity index (χ2n) is 4.63. The molecular formula is C13H18N2O3S. The van der Waals surface area contributed by atoms with Gasteiger partial charge in [-0.05, 0) is 25.0 Å². The maximum Gasteiger partial charge on any atom is 0.243 e. The third kappa shape index (κ3) is 2.96. The molecule has 19 heavy (non-hydrogen) atoms. The number of amides is 1. The van der Waals surface area contributed by atoms with Crippen molar-refractivity contribution >= 4 is 15.9 Å². The van der Waals surface area contributed by atoms with Gasteiger partial charge in [0, 0.05) is 20.1 Å². The molecule has 1 N–H and O–H groups in total. The number of carbonyl (C=O) groups excluding carboxylic acids is 1. The van der Waals surface area contributed by atoms with E-state index in [1.807, 2.05) is 0 Å². The lowest BCUT2D eigenvalue weighted by molar-refractivity contribution is -0.125. The molecule has 1 aliphatic rings. The molecule has 104 valence electrons. The number of nitrogens with zero attached hydrogens (tertiary/aromatic N) is 1. The minimum atomic E-state index is -3.48. The molecule has 1 atom stereocenters. The number of hydrogen-bond acceptors (Lipinski definition) is 3. The van der Waals surface area contributed by atoms with Gasteiger partial charge < -0.3 is 5.32 Å². The molecule has 0 saturated carbocycles. The normalized spacial score (nSPS) is 21.0. The molecule has 1 saturated heterocycles. The molecule has 1 amide bonds. The Kier molecular flexibility index (Phi) is 4.21. The molecule has 2 rings (SSSR count). The summed E-state index contributed by atoms with van der Waals surface area (Å²) in [5.41, 5.74) is 0. The van der Waals surface area contributed by atoms with Gasteiger partial charge in [-0.1, -0.05) is 18.2 Å². The first-order valence-electron chi connectivity index (χ1n) is 6.32. The quantitative estimate of drug-likeness (QED) is 0.893. The molecule has 1 aliphatic heterocycles. The highest BCUT2D eigenvalue weighted by molar-refractivity contribution is 7.89. The Hall–Kier alpha value is -1.40. The van der Waals surface area contributed by atoms with Gasteiger partial charge in [0.15, 0.2) is 0 Å². The Bertz CT molecular complexity index is 542. The van der Waals surface area contributed by atoms with Crippen LogP contribution in [0.15, 0.2) is 35.2 Å². The Labute approximate surface area is 113 Å². The van der Waals surface area contributed by atoms with Crippen LogP contribution in [0.5, 0.6) is 0 Å². The third-order valence-corrected chi connectivity index (χ3v) is 5.26. The van der Waals surface area contributed by atoms with Crippen LogP contribution in [0.1, 0.15) is 12.8 Å². The van der Waals surface area contributed by atoms with Crippen molar-refractivity contribution in [1.29, 1.82) is 0 Å². The van der Waals surface area contributed by atoms with Crippen molar-refractivity contribution in [3.8, 4) is 0 Å². The monoisotopic (exact) mass is 282 g/mol. The summed E-state index contributed by atoms with van der Waals surface area (Å²) in [6.45, 7) is 0.738. The van der Waals surface area contributed by atoms with Crippen LogP contribution in [0, 0.1) is 5.92 Å². The van der Waals surface area contributed by atoms with Crippen molar-refractivity contribution in [3.63, 3.8) is 0 Å². The first kappa shape index (κ1) is 14.0. The summed E-state index contributed by atoms with van der Waals surface area (Å²) in [4.78, 5) is 11.9. The third-order valence-electron chi connectivity index (χ3n) is 3.38. The zero-order valence-electron chi connectivity index (χ0n) is 10.9. The van der Waals surface area contributed by atoms with Gasteiger partial charge in [-0.15, -0.1) is 0 Å². The summed E-state index contributed by atoms with van der Waals surface area (Å²) in [7, 11) is -1.91. The highest BCUT2D eigenvalue weighted by Gasteiger charge is 2.32. The molecule has 1 aromatic carbocycles. The van der Waals surface area contributed by atoms with Gasteiger partial charge in [0.2, 0.25) is 15.9 Å². The van der Waals surface area contributed by atoms with Crippen LogP contribution in [0.3, 0.4) is 0 Å². The van der Waals surface area contributed by atoms with Crippen molar-refractivity contribution < 1.29 is 13.2 Å². The molecule has 1 aromatic rings. The summed E-state index contributed by atoms with van der Waals surface area (Å²) in [6.07, 6.45) is 1.45. The van der Waals surface area contributed by atoms with Gasteiger partial charge in [0.25, 0.3) is 0 Å². The fourth-order valence-electron chi connectivity index (χ4n) is 2.32. The molecule has 5 nitrogen and oxygen atoms in total. The van der Waals surface area contributed by atoms with E-state index in [2.05, 4.69) is 5.32 Å². The van der Waals surface area contributed by atoms with Gasteiger partial charge in [0.1, 0.15) is 0 Å². The number of piperidine rings is 1. The number of nitrogens with one attached hydrogen (secondary N) is 1. The average Bonchev–Trinajstić information content (AvgIpc) is 2.47. The Morgan fingerprint density at radius 2 is 2.00 bits per heavy atom. The number of benzene rings is 1. The number of carbonyl (C=O) groups is 1. The zero-order chi connectivity index (χ0) is 13.9. The van der Waals surface area contributed by atoms with Crippen molar-refractivity contribution in [2.45, 2.75) is 17.7 Å². The van der Waals surface area contributed by atoms with Gasteiger partial charge >= 0.3 is 0 Å². The van der Waals surface area contributed by atoms with E-state index in [9.17, 15) is 13.2 Å². The first-order chi connectivity index (χ1) is 9.05. The fourth-order valence-corrected chi connectivity index (χ4v) is 3.87. The Morgan fingerprint density at radius 1 is 1.32 bits per heavy atom. The SMILES string of the molecule is CNC(=O)[C@@H]1CCCN(S(=O)(=O)c2ccccc2)C1. The van der Waals surface area contributed by atoms with Gasteiger partial charge in [0.05, 0.1) is 10.8 Å². The molecule has 0 unspecified atom stereocenters. The lowest BCUT2D eigenvalue weighted by atomic mass is 9.99. The summed E-state index contributed by atoms with van der Waals surface area (Å²) in [6, 6.07) is 8.35. The highest BCUT2D eigenvalue weighted by Crippen LogP contribution is 2.23. The minimum Gasteiger partial charge on any atom is -0.359 e. The summed E-state index contributed by atoms with van der Waals surface area (Å²) >= 11 is 0. The lowest BCUT2D eigenvalue weighted by Gasteiger charge is -2.30. The van der Waals surface area contributed by atoms with E-state index >= 15 is 0 Å². The predicted octanol–water partition coefficient (Wildman–Crippen LogP) is 0.833. The highest BCUT2D eigenvalue weighted by atomic mass is 32.2. The van der Waals surface area contributed by atoms with Gasteiger partial charge in [-0.2, -0.15) is 4.31 Å². The summed E-state index contributed by atoms with van der Waals surface area (Å²) in [5.74, 6) is -0.342. The van der Waals surface area contributed by atoms with Crippen LogP contribution < -0.4 is 5.32 Å². The molecule has 1 fully saturated rings. The van der Waals surface area contributed by atoms with Crippen molar-refractivity contribution in [2.24, 2.45) is 5.92 Å². The molecule has 0 radical (unpaired) electrons. The zero-order valence-corrected chi connectivity index (χ0v) is 11.7. The molecule has 6 heteroatoms. The molecule has 1 heterocycles. The fraction of sp³-hybridized carbons (Fsp3) is 0.462. The van der Waals surface area contributed by atoms with Crippen LogP contribution in [0.25, 0.3) is 0 Å². The largest absolute Gasteiger partial charge is 0.359 e. The van der Waals surface area contributed by atoms with E-state index in [-0.39, 0.29) is 23.3 Å².